The van der Waals surface area contributed by atoms with Gasteiger partial charge in [-0.2, -0.15) is 0 Å². The summed E-state index contributed by atoms with van der Waals surface area (Å²) in [5.74, 6) is 0.101. The monoisotopic (exact) mass is 306 g/mol. The van der Waals surface area contributed by atoms with E-state index in [4.69, 9.17) is 4.74 Å². The van der Waals surface area contributed by atoms with E-state index in [1.54, 1.807) is 24.5 Å². The maximum absolute atomic E-state index is 12.2. The summed E-state index contributed by atoms with van der Waals surface area (Å²) in [6.45, 7) is 0. The predicted molar refractivity (Wildman–Crippen MR) is 87.6 cm³/mol. The first-order valence-corrected chi connectivity index (χ1v) is 6.97. The van der Waals surface area contributed by atoms with Crippen molar-refractivity contribution in [2.75, 3.05) is 7.11 Å². The number of phenols is 1. The molecule has 0 aliphatic carbocycles. The highest BCUT2D eigenvalue weighted by Crippen LogP contribution is 2.24. The standard InChI is InChI=1S/C18H14N2O3/c1-23-13-4-5-14(18(22)11-13)17(21)7-3-12-2-6-15-16(10-12)20-9-8-19-15/h2-11,22H,1H3. The van der Waals surface area contributed by atoms with E-state index < -0.39 is 0 Å². The molecule has 0 unspecified atom stereocenters. The lowest BCUT2D eigenvalue weighted by molar-refractivity contribution is 0.104. The molecule has 1 heterocycles. The van der Waals surface area contributed by atoms with Gasteiger partial charge in [0.15, 0.2) is 5.78 Å². The Labute approximate surface area is 132 Å². The number of methoxy groups -OCH3 is 1. The number of hydrogen-bond donors (Lipinski definition) is 1. The lowest BCUT2D eigenvalue weighted by Crippen LogP contribution is -1.95. The second-order valence-electron chi connectivity index (χ2n) is 4.89. The molecule has 0 aliphatic rings. The number of fused-ring (bicyclic) bond motifs is 1. The van der Waals surface area contributed by atoms with Crippen LogP contribution in [-0.4, -0.2) is 28.0 Å². The Balaban J connectivity index is 1.84. The smallest absolute Gasteiger partial charge is 0.189 e. The minimum atomic E-state index is -0.288. The second kappa shape index (κ2) is 6.27. The van der Waals surface area contributed by atoms with Crippen molar-refractivity contribution < 1.29 is 14.6 Å². The normalized spacial score (nSPS) is 11.0. The quantitative estimate of drug-likeness (QED) is 0.592. The molecule has 2 aromatic carbocycles. The van der Waals surface area contributed by atoms with E-state index >= 15 is 0 Å². The van der Waals surface area contributed by atoms with Gasteiger partial charge in [-0.05, 0) is 35.9 Å². The fourth-order valence-corrected chi connectivity index (χ4v) is 2.19. The Hall–Kier alpha value is -3.21. The average molecular weight is 306 g/mol. The lowest BCUT2D eigenvalue weighted by atomic mass is 10.1. The van der Waals surface area contributed by atoms with Crippen LogP contribution in [0, 0.1) is 0 Å². The van der Waals surface area contributed by atoms with Crippen LogP contribution >= 0.6 is 0 Å². The third-order valence-corrected chi connectivity index (χ3v) is 3.39. The number of benzene rings is 2. The van der Waals surface area contributed by atoms with E-state index in [2.05, 4.69) is 9.97 Å². The highest BCUT2D eigenvalue weighted by Gasteiger charge is 2.09. The number of ketones is 1. The highest BCUT2D eigenvalue weighted by atomic mass is 16.5. The third kappa shape index (κ3) is 3.18. The van der Waals surface area contributed by atoms with Gasteiger partial charge in [0, 0.05) is 18.5 Å². The highest BCUT2D eigenvalue weighted by molar-refractivity contribution is 6.08. The molecule has 1 N–H and O–H groups in total. The molecular weight excluding hydrogens is 292 g/mol. The van der Waals surface area contributed by atoms with Gasteiger partial charge in [-0.3, -0.25) is 14.8 Å². The average Bonchev–Trinajstić information content (AvgIpc) is 2.59. The zero-order chi connectivity index (χ0) is 16.2. The maximum Gasteiger partial charge on any atom is 0.189 e. The molecule has 0 bridgehead atoms. The minimum absolute atomic E-state index is 0.108. The van der Waals surface area contributed by atoms with E-state index in [0.29, 0.717) is 5.75 Å². The number of nitrogens with zero attached hydrogens (tertiary/aromatic N) is 2. The van der Waals surface area contributed by atoms with Crippen LogP contribution in [-0.2, 0) is 0 Å². The van der Waals surface area contributed by atoms with Gasteiger partial charge in [-0.15, -0.1) is 0 Å². The fourth-order valence-electron chi connectivity index (χ4n) is 2.19. The largest absolute Gasteiger partial charge is 0.507 e. The summed E-state index contributed by atoms with van der Waals surface area (Å²) >= 11 is 0. The number of hydrogen-bond acceptors (Lipinski definition) is 5. The van der Waals surface area contributed by atoms with Crippen molar-refractivity contribution in [2.24, 2.45) is 0 Å². The summed E-state index contributed by atoms with van der Waals surface area (Å²) < 4.78 is 5.00. The Bertz CT molecular complexity index is 904. The molecule has 3 aromatic rings. The number of carbonyl (C=O) groups is 1. The van der Waals surface area contributed by atoms with Gasteiger partial charge >= 0.3 is 0 Å². The van der Waals surface area contributed by atoms with Gasteiger partial charge in [0.2, 0.25) is 0 Å². The van der Waals surface area contributed by atoms with Crippen LogP contribution in [0.3, 0.4) is 0 Å². The van der Waals surface area contributed by atoms with Crippen LogP contribution in [0.15, 0.2) is 54.9 Å². The summed E-state index contributed by atoms with van der Waals surface area (Å²) in [6.07, 6.45) is 6.35. The van der Waals surface area contributed by atoms with Crippen molar-refractivity contribution >= 4 is 22.9 Å². The minimum Gasteiger partial charge on any atom is -0.507 e. The van der Waals surface area contributed by atoms with Crippen LogP contribution in [0.5, 0.6) is 11.5 Å². The van der Waals surface area contributed by atoms with Gasteiger partial charge < -0.3 is 9.84 Å². The van der Waals surface area contributed by atoms with Crippen molar-refractivity contribution in [3.8, 4) is 11.5 Å². The van der Waals surface area contributed by atoms with Crippen LogP contribution < -0.4 is 4.74 Å². The van der Waals surface area contributed by atoms with E-state index in [9.17, 15) is 9.90 Å². The summed E-state index contributed by atoms with van der Waals surface area (Å²) in [5, 5.41) is 9.88. The van der Waals surface area contributed by atoms with Crippen molar-refractivity contribution in [2.45, 2.75) is 0 Å². The second-order valence-corrected chi connectivity index (χ2v) is 4.89. The molecule has 23 heavy (non-hydrogen) atoms. The summed E-state index contributed by atoms with van der Waals surface area (Å²) in [6, 6.07) is 10.1. The molecule has 0 aliphatic heterocycles. The molecule has 0 saturated carbocycles. The molecule has 1 aromatic heterocycles. The first-order chi connectivity index (χ1) is 11.2. The first kappa shape index (κ1) is 14.7. The van der Waals surface area contributed by atoms with E-state index in [-0.39, 0.29) is 17.1 Å². The number of ether oxygens (including phenoxy) is 1. The maximum atomic E-state index is 12.2. The van der Waals surface area contributed by atoms with Crippen molar-refractivity contribution in [3.05, 3.63) is 66.0 Å². The molecular formula is C18H14N2O3. The lowest BCUT2D eigenvalue weighted by Gasteiger charge is -2.04. The van der Waals surface area contributed by atoms with Crippen LogP contribution in [0.2, 0.25) is 0 Å². The fraction of sp³-hybridized carbons (Fsp3) is 0.0556. The SMILES string of the molecule is COc1ccc(C(=O)C=Cc2ccc3nccnc3c2)c(O)c1. The number of phenolic OH excluding ortho intramolecular Hbond substituents is 1. The van der Waals surface area contributed by atoms with Gasteiger partial charge in [-0.25, -0.2) is 0 Å². The molecule has 114 valence electrons. The molecule has 0 fully saturated rings. The van der Waals surface area contributed by atoms with Gasteiger partial charge in [0.1, 0.15) is 11.5 Å². The molecule has 0 spiro atoms. The number of aromatic hydroxyl groups is 1. The van der Waals surface area contributed by atoms with Crippen LogP contribution in [0.25, 0.3) is 17.1 Å². The van der Waals surface area contributed by atoms with Gasteiger partial charge in [0.05, 0.1) is 23.7 Å². The Morgan fingerprint density at radius 2 is 1.87 bits per heavy atom. The van der Waals surface area contributed by atoms with Gasteiger partial charge in [-0.1, -0.05) is 12.1 Å². The molecule has 0 saturated heterocycles. The Morgan fingerprint density at radius 3 is 2.61 bits per heavy atom. The van der Waals surface area contributed by atoms with Crippen LogP contribution in [0.4, 0.5) is 0 Å². The number of allylic oxidation sites excluding steroid dienone is 1. The van der Waals surface area contributed by atoms with E-state index in [0.717, 1.165) is 16.6 Å². The topological polar surface area (TPSA) is 72.3 Å². The van der Waals surface area contributed by atoms with Crippen molar-refractivity contribution in [1.82, 2.24) is 9.97 Å². The molecule has 3 rings (SSSR count). The summed E-state index contributed by atoms with van der Waals surface area (Å²) in [4.78, 5) is 20.6. The molecule has 5 heteroatoms. The third-order valence-electron chi connectivity index (χ3n) is 3.39. The number of aromatic nitrogens is 2. The predicted octanol–water partition coefficient (Wildman–Crippen LogP) is 3.24. The number of carbonyl (C=O) groups excluding carboxylic acids is 1. The zero-order valence-corrected chi connectivity index (χ0v) is 12.4. The summed E-state index contributed by atoms with van der Waals surface area (Å²) in [7, 11) is 1.50. The van der Waals surface area contributed by atoms with E-state index in [1.165, 1.54) is 25.3 Å². The van der Waals surface area contributed by atoms with Crippen molar-refractivity contribution in [3.63, 3.8) is 0 Å². The molecule has 0 atom stereocenters. The van der Waals surface area contributed by atoms with Gasteiger partial charge in [0.25, 0.3) is 0 Å². The first-order valence-electron chi connectivity index (χ1n) is 6.97. The molecule has 0 amide bonds. The summed E-state index contributed by atoms with van der Waals surface area (Å²) in [5.41, 5.74) is 2.61. The Kier molecular flexibility index (Phi) is 4.01. The van der Waals surface area contributed by atoms with Crippen molar-refractivity contribution in [1.29, 1.82) is 0 Å². The van der Waals surface area contributed by atoms with E-state index in [1.807, 2.05) is 18.2 Å². The van der Waals surface area contributed by atoms with Crippen LogP contribution in [0.1, 0.15) is 15.9 Å². The number of rotatable bonds is 4. The Morgan fingerprint density at radius 1 is 1.09 bits per heavy atom. The molecule has 0 radical (unpaired) electrons. The zero-order valence-electron chi connectivity index (χ0n) is 12.4. The molecule has 5 nitrogen and oxygen atoms in total.